The molecule has 8 heteroatoms. The molecule has 0 amide bonds. The predicted molar refractivity (Wildman–Crippen MR) is 109 cm³/mol. The second-order valence-corrected chi connectivity index (χ2v) is 9.20. The molecule has 1 aromatic carbocycles. The first kappa shape index (κ1) is 21.7. The summed E-state index contributed by atoms with van der Waals surface area (Å²) in [5.41, 5.74) is 2.15. The first-order valence-corrected chi connectivity index (χ1v) is 11.0. The zero-order valence-electron chi connectivity index (χ0n) is 16.8. The molecule has 164 valence electrons. The summed E-state index contributed by atoms with van der Waals surface area (Å²) >= 11 is 1.71. The molecule has 2 heterocycles. The standard InChI is InChI=1S/C22H27FO6S/c1-28-16-9-15(23)12(7-13-6-11-4-2-3-5-18(11)30-13)8-14(16)22-21(27)20(26)19(25)17(10-24)29-22/h6,8-9,17,19-22,24-27H,2-5,7,10H2,1H3/t17?,19-,20?,21-,22?/m1/s1. The van der Waals surface area contributed by atoms with E-state index in [2.05, 4.69) is 6.07 Å². The average molecular weight is 439 g/mol. The van der Waals surface area contributed by atoms with Crippen molar-refractivity contribution in [2.75, 3.05) is 13.7 Å². The fraction of sp³-hybridized carbons (Fsp3) is 0.545. The van der Waals surface area contributed by atoms with Crippen molar-refractivity contribution in [3.8, 4) is 5.75 Å². The summed E-state index contributed by atoms with van der Waals surface area (Å²) in [5.74, 6) is -0.252. The van der Waals surface area contributed by atoms with E-state index in [1.807, 2.05) is 0 Å². The highest BCUT2D eigenvalue weighted by Gasteiger charge is 2.45. The van der Waals surface area contributed by atoms with Gasteiger partial charge in [-0.15, -0.1) is 11.3 Å². The Balaban J connectivity index is 1.67. The van der Waals surface area contributed by atoms with Crippen LogP contribution < -0.4 is 4.74 Å². The molecule has 30 heavy (non-hydrogen) atoms. The van der Waals surface area contributed by atoms with Crippen LogP contribution in [0.1, 0.15) is 45.4 Å². The van der Waals surface area contributed by atoms with Gasteiger partial charge in [0, 0.05) is 27.8 Å². The van der Waals surface area contributed by atoms with E-state index in [1.54, 1.807) is 17.4 Å². The lowest BCUT2D eigenvalue weighted by atomic mass is 9.89. The summed E-state index contributed by atoms with van der Waals surface area (Å²) in [7, 11) is 1.38. The number of thiophene rings is 1. The molecular weight excluding hydrogens is 411 g/mol. The Morgan fingerprint density at radius 2 is 1.87 bits per heavy atom. The lowest BCUT2D eigenvalue weighted by Gasteiger charge is -2.40. The second-order valence-electron chi connectivity index (χ2n) is 7.98. The van der Waals surface area contributed by atoms with E-state index in [9.17, 15) is 24.8 Å². The highest BCUT2D eigenvalue weighted by molar-refractivity contribution is 7.12. The molecule has 1 saturated heterocycles. The summed E-state index contributed by atoms with van der Waals surface area (Å²) < 4.78 is 25.8. The van der Waals surface area contributed by atoms with Crippen molar-refractivity contribution < 1.29 is 34.3 Å². The molecule has 0 radical (unpaired) electrons. The molecule has 0 spiro atoms. The number of fused-ring (bicyclic) bond motifs is 1. The third-order valence-corrected chi connectivity index (χ3v) is 7.25. The van der Waals surface area contributed by atoms with E-state index in [4.69, 9.17) is 9.47 Å². The Morgan fingerprint density at radius 3 is 2.57 bits per heavy atom. The Bertz CT molecular complexity index is 874. The number of hydrogen-bond acceptors (Lipinski definition) is 7. The molecule has 1 fully saturated rings. The zero-order valence-corrected chi connectivity index (χ0v) is 17.6. The van der Waals surface area contributed by atoms with E-state index in [0.717, 1.165) is 17.7 Å². The normalized spacial score (nSPS) is 28.9. The molecule has 6 nitrogen and oxygen atoms in total. The van der Waals surface area contributed by atoms with Crippen LogP contribution in [0.15, 0.2) is 18.2 Å². The van der Waals surface area contributed by atoms with Crippen molar-refractivity contribution in [1.82, 2.24) is 0 Å². The third-order valence-electron chi connectivity index (χ3n) is 6.01. The summed E-state index contributed by atoms with van der Waals surface area (Å²) in [6.45, 7) is -0.529. The second kappa shape index (κ2) is 8.90. The van der Waals surface area contributed by atoms with Gasteiger partial charge in [-0.3, -0.25) is 0 Å². The molecule has 5 atom stereocenters. The Labute approximate surface area is 178 Å². The van der Waals surface area contributed by atoms with Crippen LogP contribution >= 0.6 is 11.3 Å². The molecule has 0 bridgehead atoms. The van der Waals surface area contributed by atoms with Crippen LogP contribution in [0.5, 0.6) is 5.75 Å². The minimum atomic E-state index is -1.51. The van der Waals surface area contributed by atoms with Crippen LogP contribution in [0, 0.1) is 5.82 Å². The van der Waals surface area contributed by atoms with Gasteiger partial charge in [-0.05, 0) is 48.9 Å². The molecular formula is C22H27FO6S. The van der Waals surface area contributed by atoms with Crippen molar-refractivity contribution in [3.63, 3.8) is 0 Å². The third kappa shape index (κ3) is 4.00. The number of methoxy groups -OCH3 is 1. The van der Waals surface area contributed by atoms with Gasteiger partial charge in [0.15, 0.2) is 0 Å². The summed E-state index contributed by atoms with van der Waals surface area (Å²) in [6.07, 6.45) is -1.64. The monoisotopic (exact) mass is 438 g/mol. The Hall–Kier alpha value is -1.55. The van der Waals surface area contributed by atoms with Crippen LogP contribution in [0.4, 0.5) is 4.39 Å². The average Bonchev–Trinajstić information content (AvgIpc) is 3.16. The Morgan fingerprint density at radius 1 is 1.10 bits per heavy atom. The largest absolute Gasteiger partial charge is 0.496 e. The van der Waals surface area contributed by atoms with Gasteiger partial charge in [0.2, 0.25) is 0 Å². The van der Waals surface area contributed by atoms with Crippen molar-refractivity contribution in [2.24, 2.45) is 0 Å². The summed E-state index contributed by atoms with van der Waals surface area (Å²) in [6, 6.07) is 4.98. The maximum Gasteiger partial charge on any atom is 0.130 e. The SMILES string of the molecule is COc1cc(F)c(Cc2cc3c(s2)CCCC3)cc1C1OC(CO)[C@@H](O)C(O)[C@H]1O. The molecule has 2 aliphatic rings. The molecule has 2 aromatic rings. The van der Waals surface area contributed by atoms with Gasteiger partial charge >= 0.3 is 0 Å². The minimum Gasteiger partial charge on any atom is -0.496 e. The number of benzene rings is 1. The van der Waals surface area contributed by atoms with Gasteiger partial charge in [-0.1, -0.05) is 0 Å². The first-order chi connectivity index (χ1) is 14.4. The van der Waals surface area contributed by atoms with Crippen LogP contribution in [0.2, 0.25) is 0 Å². The first-order valence-electron chi connectivity index (χ1n) is 10.2. The highest BCUT2D eigenvalue weighted by Crippen LogP contribution is 2.39. The topological polar surface area (TPSA) is 99.4 Å². The van der Waals surface area contributed by atoms with Gasteiger partial charge in [-0.2, -0.15) is 0 Å². The quantitative estimate of drug-likeness (QED) is 0.569. The van der Waals surface area contributed by atoms with E-state index < -0.39 is 42.9 Å². The fourth-order valence-electron chi connectivity index (χ4n) is 4.34. The van der Waals surface area contributed by atoms with E-state index >= 15 is 0 Å². The van der Waals surface area contributed by atoms with Gasteiger partial charge in [0.05, 0.1) is 13.7 Å². The highest BCUT2D eigenvalue weighted by atomic mass is 32.1. The number of aliphatic hydroxyl groups is 4. The van der Waals surface area contributed by atoms with Crippen LogP contribution in [-0.2, 0) is 24.0 Å². The predicted octanol–water partition coefficient (Wildman–Crippen LogP) is 1.88. The molecule has 1 aliphatic heterocycles. The van der Waals surface area contributed by atoms with Gasteiger partial charge in [0.1, 0.15) is 42.1 Å². The maximum atomic E-state index is 14.8. The molecule has 4 N–H and O–H groups in total. The van der Waals surface area contributed by atoms with Gasteiger partial charge < -0.3 is 29.9 Å². The Kier molecular flexibility index (Phi) is 6.43. The van der Waals surface area contributed by atoms with Crippen molar-refractivity contribution in [1.29, 1.82) is 0 Å². The molecule has 1 aliphatic carbocycles. The number of ether oxygens (including phenoxy) is 2. The molecule has 1 aromatic heterocycles. The fourth-order valence-corrected chi connectivity index (χ4v) is 5.62. The minimum absolute atomic E-state index is 0.172. The van der Waals surface area contributed by atoms with Gasteiger partial charge in [0.25, 0.3) is 0 Å². The van der Waals surface area contributed by atoms with Crippen LogP contribution in [0.25, 0.3) is 0 Å². The van der Waals surface area contributed by atoms with Crippen molar-refractivity contribution >= 4 is 11.3 Å². The van der Waals surface area contributed by atoms with E-state index in [1.165, 1.54) is 36.5 Å². The van der Waals surface area contributed by atoms with E-state index in [-0.39, 0.29) is 5.75 Å². The number of hydrogen-bond donors (Lipinski definition) is 4. The summed E-state index contributed by atoms with van der Waals surface area (Å²) in [4.78, 5) is 2.45. The molecule has 0 saturated carbocycles. The number of halogens is 1. The number of aliphatic hydroxyl groups excluding tert-OH is 4. The number of rotatable bonds is 5. The lowest BCUT2D eigenvalue weighted by molar-refractivity contribution is -0.232. The van der Waals surface area contributed by atoms with Crippen molar-refractivity contribution in [2.45, 2.75) is 62.6 Å². The zero-order chi connectivity index (χ0) is 21.4. The maximum absolute atomic E-state index is 14.8. The van der Waals surface area contributed by atoms with Crippen LogP contribution in [0.3, 0.4) is 0 Å². The van der Waals surface area contributed by atoms with E-state index in [0.29, 0.717) is 17.5 Å². The lowest BCUT2D eigenvalue weighted by Crippen LogP contribution is -2.55. The number of aryl methyl sites for hydroxylation is 2. The smallest absolute Gasteiger partial charge is 0.130 e. The molecule has 4 rings (SSSR count). The van der Waals surface area contributed by atoms with Crippen molar-refractivity contribution in [3.05, 3.63) is 50.5 Å². The van der Waals surface area contributed by atoms with Gasteiger partial charge in [-0.25, -0.2) is 4.39 Å². The molecule has 3 unspecified atom stereocenters. The summed E-state index contributed by atoms with van der Waals surface area (Å²) in [5, 5.41) is 40.1. The van der Waals surface area contributed by atoms with Crippen LogP contribution in [-0.4, -0.2) is 58.6 Å².